The number of fused-ring (bicyclic) bond motifs is 1. The van der Waals surface area contributed by atoms with Gasteiger partial charge in [0, 0.05) is 5.69 Å². The predicted octanol–water partition coefficient (Wildman–Crippen LogP) is 3.12. The van der Waals surface area contributed by atoms with E-state index in [0.717, 1.165) is 11.3 Å². The Morgan fingerprint density at radius 1 is 1.18 bits per heavy atom. The van der Waals surface area contributed by atoms with Crippen LogP contribution in [0, 0.1) is 0 Å². The minimum atomic E-state index is -4.64. The van der Waals surface area contributed by atoms with Gasteiger partial charge >= 0.3 is 6.18 Å². The predicted molar refractivity (Wildman–Crippen MR) is 78.7 cm³/mol. The lowest BCUT2D eigenvalue weighted by Crippen LogP contribution is -2.10. The van der Waals surface area contributed by atoms with Gasteiger partial charge in [-0.1, -0.05) is 0 Å². The Morgan fingerprint density at radius 2 is 1.91 bits per heavy atom. The van der Waals surface area contributed by atoms with Gasteiger partial charge in [-0.2, -0.15) is 13.2 Å². The number of rotatable bonds is 2. The summed E-state index contributed by atoms with van der Waals surface area (Å²) in [5, 5.41) is -0.934. The van der Waals surface area contributed by atoms with Crippen LogP contribution in [0.2, 0.25) is 0 Å². The van der Waals surface area contributed by atoms with Crippen molar-refractivity contribution in [2.24, 2.45) is 5.73 Å². The molecule has 0 radical (unpaired) electrons. The number of aromatic nitrogens is 2. The molecule has 0 aliphatic carbocycles. The van der Waals surface area contributed by atoms with E-state index in [0.29, 0.717) is 15.9 Å². The molecule has 5 nitrogen and oxygen atoms in total. The first-order valence-corrected chi connectivity index (χ1v) is 7.43. The Morgan fingerprint density at radius 3 is 2.55 bits per heavy atom. The molecule has 0 fully saturated rings. The molecular weight excluding hydrogens is 337 g/mol. The lowest BCUT2D eigenvalue weighted by atomic mass is 10.3. The molecule has 0 saturated heterocycles. The average molecular weight is 344 g/mol. The number of carbonyl (C=O) groups is 1. The van der Waals surface area contributed by atoms with Crippen molar-refractivity contribution >= 4 is 44.5 Å². The molecule has 0 unspecified atom stereocenters. The highest BCUT2D eigenvalue weighted by molar-refractivity contribution is 7.22. The standard InChI is InChI=1S/C12H7F3N4OS2/c13-12(14,15)11-19-7(8(22-11)9(17)20)10-18-5-2-1-4(16)3-6(5)21-10/h1-3H,16H2,(H2,17,20). The second kappa shape index (κ2) is 4.92. The third-order valence-electron chi connectivity index (χ3n) is 2.71. The van der Waals surface area contributed by atoms with Crippen molar-refractivity contribution in [3.63, 3.8) is 0 Å². The molecule has 1 amide bonds. The first-order valence-electron chi connectivity index (χ1n) is 5.80. The van der Waals surface area contributed by atoms with E-state index < -0.39 is 17.1 Å². The quantitative estimate of drug-likeness (QED) is 0.698. The molecule has 2 heterocycles. The molecule has 3 rings (SSSR count). The largest absolute Gasteiger partial charge is 0.443 e. The fourth-order valence-corrected chi connectivity index (χ4v) is 3.66. The van der Waals surface area contributed by atoms with E-state index in [2.05, 4.69) is 9.97 Å². The Bertz CT molecular complexity index is 884. The number of nitrogens with two attached hydrogens (primary N) is 2. The third-order valence-corrected chi connectivity index (χ3v) is 4.85. The summed E-state index contributed by atoms with van der Waals surface area (Å²) in [4.78, 5) is 18.8. The van der Waals surface area contributed by atoms with Crippen molar-refractivity contribution in [3.05, 3.63) is 28.1 Å². The van der Waals surface area contributed by atoms with Crippen LogP contribution in [-0.2, 0) is 6.18 Å². The van der Waals surface area contributed by atoms with Crippen molar-refractivity contribution in [1.29, 1.82) is 0 Å². The number of anilines is 1. The van der Waals surface area contributed by atoms with Crippen molar-refractivity contribution in [3.8, 4) is 10.7 Å². The average Bonchev–Trinajstić information content (AvgIpc) is 3.00. The van der Waals surface area contributed by atoms with Gasteiger partial charge in [-0.05, 0) is 18.2 Å². The van der Waals surface area contributed by atoms with Crippen LogP contribution in [0.1, 0.15) is 14.7 Å². The number of thiazole rings is 2. The van der Waals surface area contributed by atoms with Gasteiger partial charge in [0.15, 0.2) is 5.01 Å². The highest BCUT2D eigenvalue weighted by atomic mass is 32.1. The molecular formula is C12H7F3N4OS2. The number of nitrogen functional groups attached to an aromatic ring is 1. The smallest absolute Gasteiger partial charge is 0.399 e. The molecule has 3 aromatic rings. The number of amides is 1. The number of hydrogen-bond donors (Lipinski definition) is 2. The van der Waals surface area contributed by atoms with Crippen LogP contribution in [-0.4, -0.2) is 15.9 Å². The van der Waals surface area contributed by atoms with Crippen molar-refractivity contribution in [2.45, 2.75) is 6.18 Å². The summed E-state index contributed by atoms with van der Waals surface area (Å²) < 4.78 is 39.0. The van der Waals surface area contributed by atoms with E-state index in [1.54, 1.807) is 18.2 Å². The lowest BCUT2D eigenvalue weighted by Gasteiger charge is -1.98. The molecule has 10 heteroatoms. The number of nitrogens with zero attached hydrogens (tertiary/aromatic N) is 2. The van der Waals surface area contributed by atoms with Crippen LogP contribution in [0.25, 0.3) is 20.9 Å². The number of benzene rings is 1. The summed E-state index contributed by atoms with van der Waals surface area (Å²) in [6, 6.07) is 4.92. The SMILES string of the molecule is NC(=O)c1sc(C(F)(F)F)nc1-c1nc2ccc(N)cc2s1. The van der Waals surface area contributed by atoms with Gasteiger partial charge in [-0.25, -0.2) is 9.97 Å². The molecule has 0 spiro atoms. The molecule has 0 aliphatic rings. The molecule has 22 heavy (non-hydrogen) atoms. The van der Waals surface area contributed by atoms with E-state index in [1.807, 2.05) is 0 Å². The fourth-order valence-electron chi connectivity index (χ4n) is 1.80. The maximum atomic E-state index is 12.8. The lowest BCUT2D eigenvalue weighted by molar-refractivity contribution is -0.137. The molecule has 1 aromatic carbocycles. The van der Waals surface area contributed by atoms with Crippen LogP contribution in [0.3, 0.4) is 0 Å². The normalized spacial score (nSPS) is 12.0. The van der Waals surface area contributed by atoms with Gasteiger partial charge in [-0.15, -0.1) is 22.7 Å². The molecule has 0 saturated carbocycles. The molecule has 0 bridgehead atoms. The monoisotopic (exact) mass is 344 g/mol. The first kappa shape index (κ1) is 14.7. The Labute approximate surface area is 129 Å². The van der Waals surface area contributed by atoms with Crippen molar-refractivity contribution in [2.75, 3.05) is 5.73 Å². The molecule has 114 valence electrons. The summed E-state index contributed by atoms with van der Waals surface area (Å²) in [6.07, 6.45) is -4.64. The van der Waals surface area contributed by atoms with Crippen LogP contribution < -0.4 is 11.5 Å². The van der Waals surface area contributed by atoms with E-state index in [9.17, 15) is 18.0 Å². The van der Waals surface area contributed by atoms with E-state index in [-0.39, 0.29) is 26.9 Å². The van der Waals surface area contributed by atoms with Crippen LogP contribution in [0.4, 0.5) is 18.9 Å². The fraction of sp³-hybridized carbons (Fsp3) is 0.0833. The van der Waals surface area contributed by atoms with Gasteiger partial charge in [-0.3, -0.25) is 4.79 Å². The van der Waals surface area contributed by atoms with Gasteiger partial charge in [0.2, 0.25) is 0 Å². The maximum absolute atomic E-state index is 12.8. The zero-order chi connectivity index (χ0) is 16.1. The summed E-state index contributed by atoms with van der Waals surface area (Å²) in [5.74, 6) is -0.971. The van der Waals surface area contributed by atoms with E-state index in [1.165, 1.54) is 0 Å². The number of alkyl halides is 3. The number of halogens is 3. The Balaban J connectivity index is 2.20. The third kappa shape index (κ3) is 2.50. The summed E-state index contributed by atoms with van der Waals surface area (Å²) in [7, 11) is 0. The first-order chi connectivity index (χ1) is 10.3. The van der Waals surface area contributed by atoms with E-state index in [4.69, 9.17) is 11.5 Å². The van der Waals surface area contributed by atoms with Crippen molar-refractivity contribution < 1.29 is 18.0 Å². The molecule has 0 atom stereocenters. The maximum Gasteiger partial charge on any atom is 0.443 e. The number of hydrogen-bond acceptors (Lipinski definition) is 6. The van der Waals surface area contributed by atoms with Gasteiger partial charge in [0.1, 0.15) is 15.6 Å². The Hall–Kier alpha value is -2.20. The number of carbonyl (C=O) groups excluding carboxylic acids is 1. The topological polar surface area (TPSA) is 94.9 Å². The zero-order valence-electron chi connectivity index (χ0n) is 10.6. The van der Waals surface area contributed by atoms with Crippen LogP contribution in [0.5, 0.6) is 0 Å². The van der Waals surface area contributed by atoms with Crippen LogP contribution >= 0.6 is 22.7 Å². The summed E-state index contributed by atoms with van der Waals surface area (Å²) >= 11 is 1.31. The van der Waals surface area contributed by atoms with E-state index >= 15 is 0 Å². The molecule has 0 aliphatic heterocycles. The molecule has 2 aromatic heterocycles. The minimum Gasteiger partial charge on any atom is -0.399 e. The number of primary amides is 1. The van der Waals surface area contributed by atoms with Crippen molar-refractivity contribution in [1.82, 2.24) is 9.97 Å². The second-order valence-electron chi connectivity index (χ2n) is 4.30. The molecule has 4 N–H and O–H groups in total. The van der Waals surface area contributed by atoms with Gasteiger partial charge in [0.05, 0.1) is 10.2 Å². The minimum absolute atomic E-state index is 0.149. The summed E-state index contributed by atoms with van der Waals surface area (Å²) in [6.45, 7) is 0. The van der Waals surface area contributed by atoms with Gasteiger partial charge < -0.3 is 11.5 Å². The zero-order valence-corrected chi connectivity index (χ0v) is 12.3. The summed E-state index contributed by atoms with van der Waals surface area (Å²) in [5.41, 5.74) is 11.7. The Kier molecular flexibility index (Phi) is 3.29. The van der Waals surface area contributed by atoms with Crippen LogP contribution in [0.15, 0.2) is 18.2 Å². The highest BCUT2D eigenvalue weighted by Gasteiger charge is 2.37. The van der Waals surface area contributed by atoms with Gasteiger partial charge in [0.25, 0.3) is 5.91 Å². The highest BCUT2D eigenvalue weighted by Crippen LogP contribution is 2.39. The second-order valence-corrected chi connectivity index (χ2v) is 6.33.